The molecule has 0 aliphatic carbocycles. The first-order chi connectivity index (χ1) is 16.9. The zero-order valence-electron chi connectivity index (χ0n) is 18.8. The average Bonchev–Trinajstić information content (AvgIpc) is 2.82. The fourth-order valence-electron chi connectivity index (χ4n) is 3.95. The minimum Gasteiger partial charge on any atom is -0.308 e. The highest BCUT2D eigenvalue weighted by Gasteiger charge is 2.34. The first kappa shape index (κ1) is 26.7. The lowest BCUT2D eigenvalue weighted by Crippen LogP contribution is -2.52. The predicted octanol–water partition coefficient (Wildman–Crippen LogP) is 4.18. The van der Waals surface area contributed by atoms with Crippen LogP contribution in [0.25, 0.3) is 11.1 Å². The van der Waals surface area contributed by atoms with Crippen molar-refractivity contribution in [3.63, 3.8) is 0 Å². The van der Waals surface area contributed by atoms with Gasteiger partial charge in [0.2, 0.25) is 15.9 Å². The summed E-state index contributed by atoms with van der Waals surface area (Å²) in [5, 5.41) is 0.0898. The van der Waals surface area contributed by atoms with Gasteiger partial charge < -0.3 is 4.90 Å². The first-order valence-corrected chi connectivity index (χ1v) is 15.2. The van der Waals surface area contributed by atoms with E-state index in [0.29, 0.717) is 17.5 Å². The first-order valence-electron chi connectivity index (χ1n) is 10.6. The Bertz CT molecular complexity index is 1570. The lowest BCUT2D eigenvalue weighted by atomic mass is 10.0. The van der Waals surface area contributed by atoms with Crippen LogP contribution < -0.4 is 9.62 Å². The van der Waals surface area contributed by atoms with Crippen LogP contribution in [-0.4, -0.2) is 46.6 Å². The monoisotopic (exact) mass is 615 g/mol. The minimum absolute atomic E-state index is 0.0274. The number of hydrogen-bond acceptors (Lipinski definition) is 6. The highest BCUT2D eigenvalue weighted by atomic mass is 79.9. The molecular weight excluding hydrogens is 597 g/mol. The Balaban J connectivity index is 1.61. The standard InChI is InChI=1S/C23H20BrClFN3O5S2/c1-35(31,32)21-7-3-2-5-16(21)14-8-9-20(18(26)11-14)29-10-4-6-19(23(29)30)28-36(33,34)15-12-17(24)22(25)27-13-15/h2-3,5,7-9,11-13,19,28H,4,6,10H2,1H3. The third-order valence-electron chi connectivity index (χ3n) is 5.65. The Kier molecular flexibility index (Phi) is 7.54. The molecule has 1 saturated heterocycles. The number of nitrogens with zero attached hydrogens (tertiary/aromatic N) is 2. The highest BCUT2D eigenvalue weighted by molar-refractivity contribution is 9.10. The Morgan fingerprint density at radius 2 is 1.86 bits per heavy atom. The summed E-state index contributed by atoms with van der Waals surface area (Å²) in [6, 6.07) is 10.5. The number of hydrogen-bond donors (Lipinski definition) is 1. The zero-order valence-corrected chi connectivity index (χ0v) is 22.8. The molecule has 3 aromatic rings. The summed E-state index contributed by atoms with van der Waals surface area (Å²) in [5.41, 5.74) is 0.643. The normalized spacial score (nSPS) is 16.8. The van der Waals surface area contributed by atoms with Crippen molar-refractivity contribution in [2.24, 2.45) is 0 Å². The molecule has 1 aromatic heterocycles. The highest BCUT2D eigenvalue weighted by Crippen LogP contribution is 2.32. The third-order valence-corrected chi connectivity index (χ3v) is 9.38. The number of sulfonamides is 1. The topological polar surface area (TPSA) is 114 Å². The van der Waals surface area contributed by atoms with Gasteiger partial charge in [0.1, 0.15) is 21.9 Å². The van der Waals surface area contributed by atoms with Gasteiger partial charge in [-0.1, -0.05) is 35.9 Å². The number of carbonyl (C=O) groups excluding carboxylic acids is 1. The van der Waals surface area contributed by atoms with Crippen molar-refractivity contribution in [3.8, 4) is 11.1 Å². The van der Waals surface area contributed by atoms with E-state index in [1.54, 1.807) is 18.2 Å². The van der Waals surface area contributed by atoms with E-state index in [1.165, 1.54) is 29.2 Å². The van der Waals surface area contributed by atoms with E-state index in [9.17, 15) is 21.6 Å². The van der Waals surface area contributed by atoms with Gasteiger partial charge in [0.05, 0.1) is 15.1 Å². The average molecular weight is 617 g/mol. The number of pyridine rings is 1. The second kappa shape index (κ2) is 10.2. The van der Waals surface area contributed by atoms with Crippen molar-refractivity contribution < 1.29 is 26.0 Å². The van der Waals surface area contributed by atoms with Crippen molar-refractivity contribution in [3.05, 3.63) is 70.2 Å². The molecule has 0 radical (unpaired) electrons. The van der Waals surface area contributed by atoms with Gasteiger partial charge in [-0.3, -0.25) is 4.79 Å². The van der Waals surface area contributed by atoms with E-state index in [-0.39, 0.29) is 38.1 Å². The Morgan fingerprint density at radius 3 is 2.53 bits per heavy atom. The number of halogens is 3. The van der Waals surface area contributed by atoms with E-state index in [2.05, 4.69) is 25.6 Å². The molecule has 4 rings (SSSR count). The van der Waals surface area contributed by atoms with Crippen molar-refractivity contribution in [1.82, 2.24) is 9.71 Å². The van der Waals surface area contributed by atoms with Crippen molar-refractivity contribution >= 4 is 59.0 Å². The lowest BCUT2D eigenvalue weighted by Gasteiger charge is -2.32. The molecule has 0 spiro atoms. The number of benzene rings is 2. The minimum atomic E-state index is -4.11. The quantitative estimate of drug-likeness (QED) is 0.416. The second-order valence-electron chi connectivity index (χ2n) is 8.18. The fraction of sp³-hybridized carbons (Fsp3) is 0.217. The van der Waals surface area contributed by atoms with Crippen LogP contribution in [0.4, 0.5) is 10.1 Å². The largest absolute Gasteiger partial charge is 0.308 e. The molecule has 1 fully saturated rings. The summed E-state index contributed by atoms with van der Waals surface area (Å²) in [4.78, 5) is 18.0. The van der Waals surface area contributed by atoms with Crippen LogP contribution in [0, 0.1) is 5.82 Å². The number of amides is 1. The Morgan fingerprint density at radius 1 is 1.14 bits per heavy atom. The molecule has 1 unspecified atom stereocenters. The summed E-state index contributed by atoms with van der Waals surface area (Å²) in [7, 11) is -7.66. The number of carbonyl (C=O) groups is 1. The molecule has 13 heteroatoms. The number of sulfone groups is 1. The molecular formula is C23H20BrClFN3O5S2. The predicted molar refractivity (Wildman–Crippen MR) is 138 cm³/mol. The van der Waals surface area contributed by atoms with Crippen LogP contribution in [0.5, 0.6) is 0 Å². The number of anilines is 1. The molecule has 190 valence electrons. The maximum Gasteiger partial charge on any atom is 0.245 e. The van der Waals surface area contributed by atoms with Gasteiger partial charge in [-0.25, -0.2) is 26.2 Å². The van der Waals surface area contributed by atoms with Crippen molar-refractivity contribution in [2.75, 3.05) is 17.7 Å². The number of piperidine rings is 1. The molecule has 1 atom stereocenters. The SMILES string of the molecule is CS(=O)(=O)c1ccccc1-c1ccc(N2CCCC(NS(=O)(=O)c3cnc(Cl)c(Br)c3)C2=O)c(F)c1. The van der Waals surface area contributed by atoms with E-state index < -0.39 is 37.6 Å². The molecule has 0 saturated carbocycles. The summed E-state index contributed by atoms with van der Waals surface area (Å²) in [6.07, 6.45) is 2.81. The Hall–Kier alpha value is -2.38. The van der Waals surface area contributed by atoms with E-state index in [0.717, 1.165) is 18.5 Å². The van der Waals surface area contributed by atoms with Crippen LogP contribution in [-0.2, 0) is 24.7 Å². The van der Waals surface area contributed by atoms with E-state index in [1.807, 2.05) is 0 Å². The Labute approximate surface area is 221 Å². The van der Waals surface area contributed by atoms with Crippen LogP contribution >= 0.6 is 27.5 Å². The van der Waals surface area contributed by atoms with Crippen molar-refractivity contribution in [2.45, 2.75) is 28.7 Å². The van der Waals surface area contributed by atoms with E-state index in [4.69, 9.17) is 11.6 Å². The van der Waals surface area contributed by atoms with Gasteiger partial charge in [0.15, 0.2) is 9.84 Å². The third kappa shape index (κ3) is 5.47. The fourth-order valence-corrected chi connectivity index (χ4v) is 6.66. The van der Waals surface area contributed by atoms with E-state index >= 15 is 4.39 Å². The summed E-state index contributed by atoms with van der Waals surface area (Å²) in [5.74, 6) is -1.34. The van der Waals surface area contributed by atoms with Crippen LogP contribution in [0.2, 0.25) is 5.15 Å². The molecule has 1 amide bonds. The van der Waals surface area contributed by atoms with Crippen molar-refractivity contribution in [1.29, 1.82) is 0 Å². The number of nitrogens with one attached hydrogen (secondary N) is 1. The number of aromatic nitrogens is 1. The van der Waals surface area contributed by atoms with Gasteiger partial charge in [-0.15, -0.1) is 0 Å². The molecule has 8 nitrogen and oxygen atoms in total. The maximum absolute atomic E-state index is 15.2. The molecule has 36 heavy (non-hydrogen) atoms. The smallest absolute Gasteiger partial charge is 0.245 e. The summed E-state index contributed by atoms with van der Waals surface area (Å²) >= 11 is 8.95. The molecule has 1 aliphatic rings. The molecule has 2 heterocycles. The number of rotatable bonds is 6. The van der Waals surface area contributed by atoms with Gasteiger partial charge in [-0.2, -0.15) is 4.72 Å². The van der Waals surface area contributed by atoms with Gasteiger partial charge >= 0.3 is 0 Å². The van der Waals surface area contributed by atoms with Crippen LogP contribution in [0.15, 0.2) is 69.0 Å². The van der Waals surface area contributed by atoms with Gasteiger partial charge in [0, 0.05) is 24.6 Å². The molecule has 1 aliphatic heterocycles. The second-order valence-corrected chi connectivity index (χ2v) is 13.1. The summed E-state index contributed by atoms with van der Waals surface area (Å²) in [6.45, 7) is 0.196. The zero-order chi connectivity index (χ0) is 26.3. The van der Waals surface area contributed by atoms with Gasteiger partial charge in [-0.05, 0) is 58.6 Å². The van der Waals surface area contributed by atoms with Gasteiger partial charge in [0.25, 0.3) is 0 Å². The lowest BCUT2D eigenvalue weighted by molar-refractivity contribution is -0.121. The van der Waals surface area contributed by atoms with Crippen LogP contribution in [0.1, 0.15) is 12.8 Å². The van der Waals surface area contributed by atoms with Crippen LogP contribution in [0.3, 0.4) is 0 Å². The molecule has 2 aromatic carbocycles. The summed E-state index contributed by atoms with van der Waals surface area (Å²) < 4.78 is 67.8. The molecule has 1 N–H and O–H groups in total. The molecule has 0 bridgehead atoms. The maximum atomic E-state index is 15.2.